The van der Waals surface area contributed by atoms with Crippen LogP contribution in [0, 0.1) is 5.92 Å². The predicted molar refractivity (Wildman–Crippen MR) is 61.0 cm³/mol. The zero-order valence-electron chi connectivity index (χ0n) is 9.70. The van der Waals surface area contributed by atoms with E-state index in [0.29, 0.717) is 11.5 Å². The second-order valence-electron chi connectivity index (χ2n) is 4.32. The quantitative estimate of drug-likeness (QED) is 0.591. The smallest absolute Gasteiger partial charge is 0.391 e. The summed E-state index contributed by atoms with van der Waals surface area (Å²) >= 11 is 0. The summed E-state index contributed by atoms with van der Waals surface area (Å²) in [5.41, 5.74) is -0.223. The van der Waals surface area contributed by atoms with Gasteiger partial charge in [0.2, 0.25) is 0 Å². The first-order valence-electron chi connectivity index (χ1n) is 5.79. The third-order valence-electron chi connectivity index (χ3n) is 2.89. The Hall–Kier alpha value is -1.52. The first-order chi connectivity index (χ1) is 8.55. The van der Waals surface area contributed by atoms with E-state index < -0.39 is 11.7 Å². The number of rotatable bonds is 4. The molecule has 0 spiro atoms. The van der Waals surface area contributed by atoms with Crippen LogP contribution >= 0.6 is 0 Å². The number of halogens is 3. The molecule has 1 aromatic carbocycles. The molecule has 1 radical (unpaired) electrons. The highest BCUT2D eigenvalue weighted by molar-refractivity contribution is 5.60. The van der Waals surface area contributed by atoms with Gasteiger partial charge in [-0.1, -0.05) is 23.7 Å². The Bertz CT molecular complexity index is 424. The Morgan fingerprint density at radius 3 is 2.72 bits per heavy atom. The summed E-state index contributed by atoms with van der Waals surface area (Å²) in [6, 6.07) is 5.04. The maximum atomic E-state index is 12.4. The van der Waals surface area contributed by atoms with Crippen molar-refractivity contribution in [3.05, 3.63) is 35.4 Å². The molecule has 0 amide bonds. The SMILES string of the molecule is FC(F)(F)c1cccc(CO/N=[C]\C2CCC2)c1. The maximum Gasteiger partial charge on any atom is 0.416 e. The molecule has 0 unspecified atom stereocenters. The molecule has 0 aromatic heterocycles. The van der Waals surface area contributed by atoms with Crippen molar-refractivity contribution in [3.63, 3.8) is 0 Å². The molecule has 2 nitrogen and oxygen atoms in total. The van der Waals surface area contributed by atoms with Crippen molar-refractivity contribution < 1.29 is 18.0 Å². The molecule has 0 atom stereocenters. The van der Waals surface area contributed by atoms with E-state index in [0.717, 1.165) is 25.0 Å². The lowest BCUT2D eigenvalue weighted by molar-refractivity contribution is -0.137. The van der Waals surface area contributed by atoms with Crippen molar-refractivity contribution in [2.45, 2.75) is 32.0 Å². The van der Waals surface area contributed by atoms with E-state index in [4.69, 9.17) is 4.84 Å². The van der Waals surface area contributed by atoms with Crippen molar-refractivity contribution in [1.82, 2.24) is 0 Å². The molecule has 0 bridgehead atoms. The monoisotopic (exact) mass is 256 g/mol. The van der Waals surface area contributed by atoms with Gasteiger partial charge in [-0.15, -0.1) is 0 Å². The first-order valence-corrected chi connectivity index (χ1v) is 5.79. The summed E-state index contributed by atoms with van der Waals surface area (Å²) in [5, 5.41) is 3.65. The molecule has 0 saturated heterocycles. The van der Waals surface area contributed by atoms with Crippen molar-refractivity contribution in [1.29, 1.82) is 0 Å². The topological polar surface area (TPSA) is 21.6 Å². The summed E-state index contributed by atoms with van der Waals surface area (Å²) in [6.07, 6.45) is 1.81. The molecule has 0 heterocycles. The molecular weight excluding hydrogens is 243 g/mol. The van der Waals surface area contributed by atoms with Crippen LogP contribution in [0.15, 0.2) is 29.4 Å². The largest absolute Gasteiger partial charge is 0.416 e. The van der Waals surface area contributed by atoms with Gasteiger partial charge in [0, 0.05) is 5.92 Å². The lowest BCUT2D eigenvalue weighted by atomic mass is 9.87. The van der Waals surface area contributed by atoms with E-state index in [9.17, 15) is 13.2 Å². The summed E-state index contributed by atoms with van der Waals surface area (Å²) in [6.45, 7) is 0.0314. The van der Waals surface area contributed by atoms with Gasteiger partial charge in [-0.05, 0) is 30.5 Å². The van der Waals surface area contributed by atoms with Gasteiger partial charge in [0.15, 0.2) is 0 Å². The Labute approximate surface area is 103 Å². The minimum Gasteiger partial charge on any atom is -0.391 e. The number of hydrogen-bond acceptors (Lipinski definition) is 2. The summed E-state index contributed by atoms with van der Waals surface area (Å²) in [5.74, 6) is 0.353. The van der Waals surface area contributed by atoms with Gasteiger partial charge in [-0.3, -0.25) is 0 Å². The zero-order chi connectivity index (χ0) is 13.0. The highest BCUT2D eigenvalue weighted by Gasteiger charge is 2.30. The fourth-order valence-electron chi connectivity index (χ4n) is 1.59. The molecule has 5 heteroatoms. The summed E-state index contributed by atoms with van der Waals surface area (Å²) in [4.78, 5) is 4.94. The third kappa shape index (κ3) is 3.48. The zero-order valence-corrected chi connectivity index (χ0v) is 9.70. The lowest BCUT2D eigenvalue weighted by Gasteiger charge is -2.18. The van der Waals surface area contributed by atoms with E-state index in [1.165, 1.54) is 12.5 Å². The van der Waals surface area contributed by atoms with Crippen LogP contribution in [0.3, 0.4) is 0 Å². The molecule has 1 aliphatic rings. The summed E-state index contributed by atoms with van der Waals surface area (Å²) < 4.78 is 37.3. The standard InChI is InChI=1S/C13H13F3NO/c14-13(15,16)12-6-2-5-11(7-12)9-18-17-8-10-3-1-4-10/h2,5-7,10H,1,3-4,9H2. The molecule has 1 aromatic rings. The molecule has 0 N–H and O–H groups in total. The molecule has 1 aliphatic carbocycles. The van der Waals surface area contributed by atoms with Gasteiger partial charge in [0.25, 0.3) is 0 Å². The van der Waals surface area contributed by atoms with Crippen LogP contribution in [0.1, 0.15) is 30.4 Å². The molecule has 1 saturated carbocycles. The van der Waals surface area contributed by atoms with E-state index in [1.807, 2.05) is 0 Å². The second-order valence-corrected chi connectivity index (χ2v) is 4.32. The van der Waals surface area contributed by atoms with E-state index >= 15 is 0 Å². The van der Waals surface area contributed by atoms with Gasteiger partial charge < -0.3 is 4.84 Å². The molecule has 18 heavy (non-hydrogen) atoms. The molecule has 0 aliphatic heterocycles. The second kappa shape index (κ2) is 5.42. The van der Waals surface area contributed by atoms with Crippen molar-refractivity contribution >= 4 is 6.21 Å². The highest BCUT2D eigenvalue weighted by atomic mass is 19.4. The average molecular weight is 256 g/mol. The average Bonchev–Trinajstić information content (AvgIpc) is 2.25. The van der Waals surface area contributed by atoms with Gasteiger partial charge in [-0.25, -0.2) is 0 Å². The minimum absolute atomic E-state index is 0.0314. The normalized spacial score (nSPS) is 16.8. The van der Waals surface area contributed by atoms with Gasteiger partial charge in [-0.2, -0.15) is 13.2 Å². The number of alkyl halides is 3. The molecule has 97 valence electrons. The van der Waals surface area contributed by atoms with Crippen LogP contribution in [0.5, 0.6) is 0 Å². The van der Waals surface area contributed by atoms with Gasteiger partial charge in [0.1, 0.15) is 12.8 Å². The van der Waals surface area contributed by atoms with Crippen LogP contribution in [0.25, 0.3) is 0 Å². The Kier molecular flexibility index (Phi) is 3.89. The maximum absolute atomic E-state index is 12.4. The fourth-order valence-corrected chi connectivity index (χ4v) is 1.59. The highest BCUT2D eigenvalue weighted by Crippen LogP contribution is 2.29. The van der Waals surface area contributed by atoms with Crippen molar-refractivity contribution in [2.24, 2.45) is 11.1 Å². The van der Waals surface area contributed by atoms with Crippen LogP contribution < -0.4 is 0 Å². The van der Waals surface area contributed by atoms with Gasteiger partial charge >= 0.3 is 6.18 Å². The fraction of sp³-hybridized carbons (Fsp3) is 0.462. The van der Waals surface area contributed by atoms with Crippen LogP contribution in [0.2, 0.25) is 0 Å². The Morgan fingerprint density at radius 1 is 1.33 bits per heavy atom. The summed E-state index contributed by atoms with van der Waals surface area (Å²) in [7, 11) is 0. The van der Waals surface area contributed by atoms with Crippen molar-refractivity contribution in [3.8, 4) is 0 Å². The Balaban J connectivity index is 1.87. The van der Waals surface area contributed by atoms with E-state index in [-0.39, 0.29) is 6.61 Å². The predicted octanol–water partition coefficient (Wildman–Crippen LogP) is 3.88. The lowest BCUT2D eigenvalue weighted by Crippen LogP contribution is -2.12. The van der Waals surface area contributed by atoms with Crippen LogP contribution in [0.4, 0.5) is 13.2 Å². The Morgan fingerprint density at radius 2 is 2.11 bits per heavy atom. The molecule has 1 fully saturated rings. The minimum atomic E-state index is -4.32. The van der Waals surface area contributed by atoms with E-state index in [1.54, 1.807) is 6.07 Å². The molecular formula is C13H13F3NO. The molecule has 2 rings (SSSR count). The van der Waals surface area contributed by atoms with Gasteiger partial charge in [0.05, 0.1) is 5.56 Å². The number of hydrogen-bond donors (Lipinski definition) is 0. The third-order valence-corrected chi connectivity index (χ3v) is 2.89. The number of benzene rings is 1. The van der Waals surface area contributed by atoms with Crippen molar-refractivity contribution in [2.75, 3.05) is 0 Å². The van der Waals surface area contributed by atoms with Crippen LogP contribution in [-0.2, 0) is 17.6 Å². The van der Waals surface area contributed by atoms with Crippen LogP contribution in [-0.4, -0.2) is 6.21 Å². The number of nitrogens with zero attached hydrogens (tertiary/aromatic N) is 1. The van der Waals surface area contributed by atoms with E-state index in [2.05, 4.69) is 11.4 Å². The first kappa shape index (κ1) is 12.9.